The summed E-state index contributed by atoms with van der Waals surface area (Å²) in [7, 11) is 0. The summed E-state index contributed by atoms with van der Waals surface area (Å²) < 4.78 is 11.2. The van der Waals surface area contributed by atoms with Crippen molar-refractivity contribution < 1.29 is 19.4 Å². The van der Waals surface area contributed by atoms with Crippen LogP contribution >= 0.6 is 0 Å². The molecule has 1 N–H and O–H groups in total. The highest BCUT2D eigenvalue weighted by Crippen LogP contribution is 2.15. The summed E-state index contributed by atoms with van der Waals surface area (Å²) >= 11 is 0. The number of ether oxygens (including phenoxy) is 2. The Hall–Kier alpha value is -1.65. The first-order chi connectivity index (χ1) is 24.7. The fourth-order valence-corrected chi connectivity index (χ4v) is 6.20. The number of aliphatic hydroxyl groups excluding tert-OH is 1. The monoisotopic (exact) mass is 701 g/mol. The van der Waals surface area contributed by atoms with Crippen molar-refractivity contribution in [1.82, 2.24) is 0 Å². The van der Waals surface area contributed by atoms with Crippen LogP contribution in [0.15, 0.2) is 48.6 Å². The van der Waals surface area contributed by atoms with Gasteiger partial charge in [-0.3, -0.25) is 4.79 Å². The SMILES string of the molecule is CC/C=C\C/C=C\C/C=C\C/C=C\CCCCCCCCCCCOCC(CO)OC(=O)CCCCCCCCCCCCCCCCCC. The van der Waals surface area contributed by atoms with E-state index >= 15 is 0 Å². The van der Waals surface area contributed by atoms with Gasteiger partial charge >= 0.3 is 5.97 Å². The molecule has 0 saturated heterocycles. The number of aliphatic hydroxyl groups is 1. The van der Waals surface area contributed by atoms with Crippen LogP contribution in [-0.2, 0) is 14.3 Å². The second kappa shape index (κ2) is 43.5. The van der Waals surface area contributed by atoms with Crippen molar-refractivity contribution in [2.45, 2.75) is 219 Å². The maximum Gasteiger partial charge on any atom is 0.306 e. The molecule has 1 atom stereocenters. The maximum atomic E-state index is 12.2. The molecule has 0 aromatic carbocycles. The molecular formula is C46H84O4. The molecule has 0 aliphatic heterocycles. The third-order valence-electron chi connectivity index (χ3n) is 9.42. The molecule has 4 heteroatoms. The summed E-state index contributed by atoms with van der Waals surface area (Å²) in [6, 6.07) is 0. The molecule has 0 aliphatic carbocycles. The van der Waals surface area contributed by atoms with E-state index in [1.807, 2.05) is 0 Å². The summed E-state index contributed by atoms with van der Waals surface area (Å²) in [6.07, 6.45) is 56.0. The van der Waals surface area contributed by atoms with Crippen LogP contribution in [0.5, 0.6) is 0 Å². The van der Waals surface area contributed by atoms with E-state index in [4.69, 9.17) is 9.47 Å². The summed E-state index contributed by atoms with van der Waals surface area (Å²) in [6.45, 7) is 5.24. The predicted molar refractivity (Wildman–Crippen MR) is 219 cm³/mol. The van der Waals surface area contributed by atoms with Crippen molar-refractivity contribution in [3.63, 3.8) is 0 Å². The third-order valence-corrected chi connectivity index (χ3v) is 9.42. The van der Waals surface area contributed by atoms with E-state index in [2.05, 4.69) is 62.5 Å². The summed E-state index contributed by atoms with van der Waals surface area (Å²) in [5.74, 6) is -0.201. The van der Waals surface area contributed by atoms with Gasteiger partial charge in [0, 0.05) is 13.0 Å². The number of unbranched alkanes of at least 4 members (excludes halogenated alkanes) is 24. The van der Waals surface area contributed by atoms with Crippen LogP contribution in [0.4, 0.5) is 0 Å². The first-order valence-electron chi connectivity index (χ1n) is 21.7. The molecule has 0 aliphatic rings. The number of allylic oxidation sites excluding steroid dienone is 8. The standard InChI is InChI=1S/C46H84O4/c1-3-5-7-9-11-13-15-17-19-21-22-23-24-25-26-28-30-32-34-36-38-40-42-49-44-45(43-47)50-46(48)41-39-37-35-33-31-29-27-20-18-16-14-12-10-8-6-4-2/h5,7,11,13,17,19,22-23,45,47H,3-4,6,8-10,12,14-16,18,20-21,24-44H2,1-2H3/b7-5-,13-11-,19-17-,23-22-. The molecule has 0 aromatic rings. The molecule has 0 saturated carbocycles. The number of hydrogen-bond donors (Lipinski definition) is 1. The highest BCUT2D eigenvalue weighted by molar-refractivity contribution is 5.69. The van der Waals surface area contributed by atoms with Crippen molar-refractivity contribution in [2.24, 2.45) is 0 Å². The Balaban J connectivity index is 3.43. The molecule has 0 rings (SSSR count). The quantitative estimate of drug-likeness (QED) is 0.0393. The van der Waals surface area contributed by atoms with Gasteiger partial charge in [0.25, 0.3) is 0 Å². The zero-order valence-electron chi connectivity index (χ0n) is 33.4. The highest BCUT2D eigenvalue weighted by atomic mass is 16.6. The fraction of sp³-hybridized carbons (Fsp3) is 0.804. The molecular weight excluding hydrogens is 617 g/mol. The van der Waals surface area contributed by atoms with Crippen molar-refractivity contribution >= 4 is 5.97 Å². The van der Waals surface area contributed by atoms with Crippen molar-refractivity contribution in [1.29, 1.82) is 0 Å². The Morgan fingerprint density at radius 3 is 1.36 bits per heavy atom. The second-order valence-corrected chi connectivity index (χ2v) is 14.4. The topological polar surface area (TPSA) is 55.8 Å². The van der Waals surface area contributed by atoms with Gasteiger partial charge in [-0.25, -0.2) is 0 Å². The van der Waals surface area contributed by atoms with Gasteiger partial charge in [-0.2, -0.15) is 0 Å². The van der Waals surface area contributed by atoms with Crippen LogP contribution in [-0.4, -0.2) is 37.0 Å². The van der Waals surface area contributed by atoms with Gasteiger partial charge in [-0.15, -0.1) is 0 Å². The van der Waals surface area contributed by atoms with Crippen molar-refractivity contribution in [3.05, 3.63) is 48.6 Å². The van der Waals surface area contributed by atoms with Crippen LogP contribution in [0.2, 0.25) is 0 Å². The molecule has 0 fully saturated rings. The smallest absolute Gasteiger partial charge is 0.306 e. The molecule has 0 heterocycles. The molecule has 292 valence electrons. The Kier molecular flexibility index (Phi) is 42.1. The van der Waals surface area contributed by atoms with E-state index in [1.165, 1.54) is 148 Å². The van der Waals surface area contributed by atoms with E-state index in [9.17, 15) is 9.90 Å². The first kappa shape index (κ1) is 48.3. The van der Waals surface area contributed by atoms with E-state index < -0.39 is 6.10 Å². The largest absolute Gasteiger partial charge is 0.457 e. The molecule has 0 amide bonds. The van der Waals surface area contributed by atoms with Crippen molar-refractivity contribution in [2.75, 3.05) is 19.8 Å². The molecule has 0 bridgehead atoms. The van der Waals surface area contributed by atoms with Gasteiger partial charge in [-0.1, -0.05) is 204 Å². The van der Waals surface area contributed by atoms with Gasteiger partial charge in [0.05, 0.1) is 13.2 Å². The number of hydrogen-bond acceptors (Lipinski definition) is 4. The van der Waals surface area contributed by atoms with Gasteiger partial charge in [0.1, 0.15) is 6.10 Å². The normalized spacial score (nSPS) is 12.8. The molecule has 0 radical (unpaired) electrons. The van der Waals surface area contributed by atoms with Gasteiger partial charge in [0.2, 0.25) is 0 Å². The Bertz CT molecular complexity index is 783. The lowest BCUT2D eigenvalue weighted by atomic mass is 10.0. The number of carbonyl (C=O) groups is 1. The molecule has 50 heavy (non-hydrogen) atoms. The third kappa shape index (κ3) is 40.8. The van der Waals surface area contributed by atoms with Crippen LogP contribution in [0, 0.1) is 0 Å². The van der Waals surface area contributed by atoms with E-state index in [0.717, 1.165) is 44.9 Å². The van der Waals surface area contributed by atoms with E-state index in [0.29, 0.717) is 19.6 Å². The van der Waals surface area contributed by atoms with Gasteiger partial charge in [-0.05, 0) is 51.4 Å². The Labute approximate surface area is 312 Å². The van der Waals surface area contributed by atoms with Crippen molar-refractivity contribution in [3.8, 4) is 0 Å². The summed E-state index contributed by atoms with van der Waals surface area (Å²) in [5.41, 5.74) is 0. The first-order valence-corrected chi connectivity index (χ1v) is 21.7. The summed E-state index contributed by atoms with van der Waals surface area (Å²) in [4.78, 5) is 12.2. The minimum Gasteiger partial charge on any atom is -0.457 e. The highest BCUT2D eigenvalue weighted by Gasteiger charge is 2.13. The van der Waals surface area contributed by atoms with E-state index in [1.54, 1.807) is 0 Å². The lowest BCUT2D eigenvalue weighted by Crippen LogP contribution is -2.27. The number of rotatable bonds is 40. The molecule has 0 aromatic heterocycles. The fourth-order valence-electron chi connectivity index (χ4n) is 6.20. The Morgan fingerprint density at radius 1 is 0.500 bits per heavy atom. The zero-order chi connectivity index (χ0) is 36.3. The number of esters is 1. The van der Waals surface area contributed by atoms with Crippen LogP contribution in [0.25, 0.3) is 0 Å². The minimum absolute atomic E-state index is 0.172. The zero-order valence-corrected chi connectivity index (χ0v) is 33.4. The average Bonchev–Trinajstić information content (AvgIpc) is 3.12. The average molecular weight is 701 g/mol. The molecule has 4 nitrogen and oxygen atoms in total. The second-order valence-electron chi connectivity index (χ2n) is 14.4. The van der Waals surface area contributed by atoms with Gasteiger partial charge < -0.3 is 14.6 Å². The van der Waals surface area contributed by atoms with Gasteiger partial charge in [0.15, 0.2) is 0 Å². The maximum absolute atomic E-state index is 12.2. The predicted octanol–water partition coefficient (Wildman–Crippen LogP) is 14.3. The van der Waals surface area contributed by atoms with E-state index in [-0.39, 0.29) is 12.6 Å². The molecule has 1 unspecified atom stereocenters. The lowest BCUT2D eigenvalue weighted by Gasteiger charge is -2.16. The molecule has 0 spiro atoms. The van der Waals surface area contributed by atoms with Crippen LogP contribution in [0.1, 0.15) is 213 Å². The van der Waals surface area contributed by atoms with Crippen LogP contribution < -0.4 is 0 Å². The lowest BCUT2D eigenvalue weighted by molar-refractivity contribution is -0.154. The van der Waals surface area contributed by atoms with Crippen LogP contribution in [0.3, 0.4) is 0 Å². The minimum atomic E-state index is -0.536. The summed E-state index contributed by atoms with van der Waals surface area (Å²) in [5, 5.41) is 9.60. The Morgan fingerprint density at radius 2 is 0.900 bits per heavy atom. The number of carbonyl (C=O) groups excluding carboxylic acids is 1.